The Morgan fingerprint density at radius 3 is 2.62 bits per heavy atom. The smallest absolute Gasteiger partial charge is 0.341 e. The Hall–Kier alpha value is -3.75. The first-order chi connectivity index (χ1) is 15.5. The maximum absolute atomic E-state index is 12.7. The highest BCUT2D eigenvalue weighted by molar-refractivity contribution is 6.00. The van der Waals surface area contributed by atoms with Crippen LogP contribution in [0.25, 0.3) is 0 Å². The molecular weight excluding hydrogens is 416 g/mol. The van der Waals surface area contributed by atoms with Gasteiger partial charge in [-0.05, 0) is 29.8 Å². The van der Waals surface area contributed by atoms with Crippen molar-refractivity contribution in [3.8, 4) is 17.2 Å². The van der Waals surface area contributed by atoms with Gasteiger partial charge in [0.25, 0.3) is 0 Å². The van der Waals surface area contributed by atoms with E-state index in [1.807, 2.05) is 0 Å². The topological polar surface area (TPSA) is 103 Å². The van der Waals surface area contributed by atoms with Crippen LogP contribution in [0.3, 0.4) is 0 Å². The minimum atomic E-state index is -0.522. The number of carbonyl (C=O) groups excluding carboxylic acids is 3. The van der Waals surface area contributed by atoms with Crippen molar-refractivity contribution in [2.45, 2.75) is 13.0 Å². The Morgan fingerprint density at radius 2 is 1.88 bits per heavy atom. The standard InChI is InChI=1S/C23H24N2O7/c1-29-18-5-3-14(9-17(18)23(28)30-2)12-24-22(27)15-10-21(26)25(13-15)16-4-6-19-20(11-16)32-8-7-31-19/h3-6,9,11,15H,7-8,10,12-13H2,1-2H3,(H,24,27). The van der Waals surface area contributed by atoms with Gasteiger partial charge < -0.3 is 29.2 Å². The second-order valence-corrected chi connectivity index (χ2v) is 7.48. The van der Waals surface area contributed by atoms with Gasteiger partial charge in [-0.2, -0.15) is 0 Å². The van der Waals surface area contributed by atoms with Crippen molar-refractivity contribution in [1.29, 1.82) is 0 Å². The average Bonchev–Trinajstić information content (AvgIpc) is 3.23. The minimum Gasteiger partial charge on any atom is -0.496 e. The summed E-state index contributed by atoms with van der Waals surface area (Å²) in [5.41, 5.74) is 1.67. The third kappa shape index (κ3) is 4.32. The van der Waals surface area contributed by atoms with Gasteiger partial charge in [-0.15, -0.1) is 0 Å². The molecule has 0 bridgehead atoms. The lowest BCUT2D eigenvalue weighted by atomic mass is 10.1. The Balaban J connectivity index is 1.40. The van der Waals surface area contributed by atoms with E-state index in [4.69, 9.17) is 18.9 Å². The van der Waals surface area contributed by atoms with Gasteiger partial charge in [-0.25, -0.2) is 4.79 Å². The molecule has 1 N–H and O–H groups in total. The first-order valence-electron chi connectivity index (χ1n) is 10.2. The van der Waals surface area contributed by atoms with Gasteiger partial charge in [0, 0.05) is 31.3 Å². The molecule has 1 fully saturated rings. The Labute approximate surface area is 185 Å². The molecule has 2 amide bonds. The van der Waals surface area contributed by atoms with E-state index < -0.39 is 11.9 Å². The van der Waals surface area contributed by atoms with Gasteiger partial charge in [0.2, 0.25) is 11.8 Å². The number of nitrogens with zero attached hydrogens (tertiary/aromatic N) is 1. The minimum absolute atomic E-state index is 0.121. The summed E-state index contributed by atoms with van der Waals surface area (Å²) in [4.78, 5) is 38.8. The van der Waals surface area contributed by atoms with Crippen molar-refractivity contribution in [2.75, 3.05) is 38.9 Å². The van der Waals surface area contributed by atoms with Crippen LogP contribution < -0.4 is 24.4 Å². The van der Waals surface area contributed by atoms with E-state index in [9.17, 15) is 14.4 Å². The summed E-state index contributed by atoms with van der Waals surface area (Å²) < 4.78 is 21.1. The van der Waals surface area contributed by atoms with E-state index in [-0.39, 0.29) is 36.9 Å². The lowest BCUT2D eigenvalue weighted by Gasteiger charge is -2.22. The molecule has 0 spiro atoms. The van der Waals surface area contributed by atoms with Crippen molar-refractivity contribution >= 4 is 23.5 Å². The predicted octanol–water partition coefficient (Wildman–Crippen LogP) is 1.92. The largest absolute Gasteiger partial charge is 0.496 e. The number of ether oxygens (including phenoxy) is 4. The van der Waals surface area contributed by atoms with Crippen LogP contribution in [-0.2, 0) is 20.9 Å². The molecule has 1 unspecified atom stereocenters. The number of nitrogens with one attached hydrogen (secondary N) is 1. The number of hydrogen-bond acceptors (Lipinski definition) is 7. The molecule has 2 aromatic carbocycles. The molecule has 0 aliphatic carbocycles. The van der Waals surface area contributed by atoms with Gasteiger partial charge >= 0.3 is 5.97 Å². The van der Waals surface area contributed by atoms with Crippen LogP contribution >= 0.6 is 0 Å². The van der Waals surface area contributed by atoms with Crippen LogP contribution in [0.1, 0.15) is 22.3 Å². The maximum atomic E-state index is 12.7. The summed E-state index contributed by atoms with van der Waals surface area (Å²) in [5.74, 6) is 0.277. The van der Waals surface area contributed by atoms with E-state index in [0.29, 0.717) is 41.7 Å². The van der Waals surface area contributed by atoms with Crippen LogP contribution in [0.4, 0.5) is 5.69 Å². The molecule has 0 aromatic heterocycles. The summed E-state index contributed by atoms with van der Waals surface area (Å²) in [5, 5.41) is 2.85. The van der Waals surface area contributed by atoms with E-state index in [2.05, 4.69) is 5.32 Å². The molecule has 1 saturated heterocycles. The second kappa shape index (κ2) is 9.17. The van der Waals surface area contributed by atoms with E-state index >= 15 is 0 Å². The van der Waals surface area contributed by atoms with Crippen LogP contribution in [-0.4, -0.2) is 51.8 Å². The van der Waals surface area contributed by atoms with Crippen LogP contribution in [0.2, 0.25) is 0 Å². The first-order valence-corrected chi connectivity index (χ1v) is 10.2. The van der Waals surface area contributed by atoms with Gasteiger partial charge in [0.15, 0.2) is 11.5 Å². The van der Waals surface area contributed by atoms with Crippen molar-refractivity contribution in [3.63, 3.8) is 0 Å². The Bertz CT molecular complexity index is 1050. The fourth-order valence-corrected chi connectivity index (χ4v) is 3.80. The number of anilines is 1. The zero-order chi connectivity index (χ0) is 22.7. The van der Waals surface area contributed by atoms with E-state index in [1.165, 1.54) is 14.2 Å². The second-order valence-electron chi connectivity index (χ2n) is 7.48. The maximum Gasteiger partial charge on any atom is 0.341 e. The molecule has 2 aromatic rings. The Kier molecular flexibility index (Phi) is 6.16. The number of hydrogen-bond donors (Lipinski definition) is 1. The molecule has 0 radical (unpaired) electrons. The highest BCUT2D eigenvalue weighted by Crippen LogP contribution is 2.36. The monoisotopic (exact) mass is 440 g/mol. The molecule has 2 aliphatic rings. The quantitative estimate of drug-likeness (QED) is 0.685. The molecule has 2 heterocycles. The zero-order valence-electron chi connectivity index (χ0n) is 17.9. The molecule has 168 valence electrons. The molecule has 2 aliphatic heterocycles. The fraction of sp³-hybridized carbons (Fsp3) is 0.348. The van der Waals surface area contributed by atoms with Crippen molar-refractivity contribution < 1.29 is 33.3 Å². The number of amides is 2. The third-order valence-corrected chi connectivity index (χ3v) is 5.47. The SMILES string of the molecule is COC(=O)c1cc(CNC(=O)C2CC(=O)N(c3ccc4c(c3)OCCO4)C2)ccc1OC. The summed E-state index contributed by atoms with van der Waals surface area (Å²) in [6, 6.07) is 10.3. The number of benzene rings is 2. The summed E-state index contributed by atoms with van der Waals surface area (Å²) in [6.45, 7) is 1.44. The highest BCUT2D eigenvalue weighted by Gasteiger charge is 2.35. The zero-order valence-corrected chi connectivity index (χ0v) is 17.9. The summed E-state index contributed by atoms with van der Waals surface area (Å²) >= 11 is 0. The number of carbonyl (C=O) groups is 3. The lowest BCUT2D eigenvalue weighted by molar-refractivity contribution is -0.126. The highest BCUT2D eigenvalue weighted by atomic mass is 16.6. The van der Waals surface area contributed by atoms with Gasteiger partial charge in [-0.1, -0.05) is 6.07 Å². The normalized spacial score (nSPS) is 17.1. The average molecular weight is 440 g/mol. The van der Waals surface area contributed by atoms with Gasteiger partial charge in [0.05, 0.1) is 20.1 Å². The summed E-state index contributed by atoms with van der Waals surface area (Å²) in [7, 11) is 2.76. The van der Waals surface area contributed by atoms with Crippen LogP contribution in [0.15, 0.2) is 36.4 Å². The van der Waals surface area contributed by atoms with Crippen molar-refractivity contribution in [3.05, 3.63) is 47.5 Å². The van der Waals surface area contributed by atoms with Crippen LogP contribution in [0, 0.1) is 5.92 Å². The van der Waals surface area contributed by atoms with E-state index in [0.717, 1.165) is 0 Å². The van der Waals surface area contributed by atoms with Crippen molar-refractivity contribution in [1.82, 2.24) is 5.32 Å². The molecule has 1 atom stereocenters. The lowest BCUT2D eigenvalue weighted by Crippen LogP contribution is -2.32. The molecule has 4 rings (SSSR count). The van der Waals surface area contributed by atoms with Crippen molar-refractivity contribution in [2.24, 2.45) is 5.92 Å². The fourth-order valence-electron chi connectivity index (χ4n) is 3.80. The number of methoxy groups -OCH3 is 2. The van der Waals surface area contributed by atoms with Crippen LogP contribution in [0.5, 0.6) is 17.2 Å². The van der Waals surface area contributed by atoms with E-state index in [1.54, 1.807) is 41.3 Å². The number of rotatable bonds is 6. The van der Waals surface area contributed by atoms with Gasteiger partial charge in [0.1, 0.15) is 24.5 Å². The first kappa shape index (κ1) is 21.5. The summed E-state index contributed by atoms with van der Waals surface area (Å²) in [6.07, 6.45) is 0.121. The number of fused-ring (bicyclic) bond motifs is 1. The molecule has 9 heteroatoms. The third-order valence-electron chi connectivity index (χ3n) is 5.47. The van der Waals surface area contributed by atoms with Gasteiger partial charge in [-0.3, -0.25) is 9.59 Å². The number of esters is 1. The predicted molar refractivity (Wildman–Crippen MR) is 114 cm³/mol. The molecule has 32 heavy (non-hydrogen) atoms. The molecule has 0 saturated carbocycles. The molecule has 9 nitrogen and oxygen atoms in total. The Morgan fingerprint density at radius 1 is 1.09 bits per heavy atom. The molecular formula is C23H24N2O7.